The molecular weight excluding hydrogens is 258 g/mol. The second-order valence-electron chi connectivity index (χ2n) is 4.02. The third-order valence-corrected chi connectivity index (χ3v) is 3.74. The summed E-state index contributed by atoms with van der Waals surface area (Å²) in [7, 11) is 0. The Hall–Kier alpha value is -2.01. The largest absolute Gasteiger partial charge is 0.272 e. The van der Waals surface area contributed by atoms with E-state index in [9.17, 15) is 4.79 Å². The average molecular weight is 273 g/mol. The molecule has 19 heavy (non-hydrogen) atoms. The van der Waals surface area contributed by atoms with Gasteiger partial charge in [0.25, 0.3) is 5.91 Å². The van der Waals surface area contributed by atoms with Crippen molar-refractivity contribution in [1.29, 1.82) is 0 Å². The van der Waals surface area contributed by atoms with Crippen molar-refractivity contribution in [2.24, 2.45) is 5.10 Å². The van der Waals surface area contributed by atoms with Crippen molar-refractivity contribution < 1.29 is 4.79 Å². The van der Waals surface area contributed by atoms with Crippen LogP contribution in [0.25, 0.3) is 0 Å². The van der Waals surface area contributed by atoms with Gasteiger partial charge in [-0.25, -0.2) is 5.43 Å². The number of aromatic nitrogens is 1. The molecule has 1 amide bonds. The second kappa shape index (κ2) is 6.24. The molecule has 5 heteroatoms. The molecule has 1 N–H and O–H groups in total. The van der Waals surface area contributed by atoms with E-state index < -0.39 is 0 Å². The third kappa shape index (κ3) is 3.26. The molecule has 0 fully saturated rings. The van der Waals surface area contributed by atoms with Gasteiger partial charge in [-0.05, 0) is 36.6 Å². The third-order valence-electron chi connectivity index (χ3n) is 2.79. The van der Waals surface area contributed by atoms with Crippen LogP contribution in [0.15, 0.2) is 35.0 Å². The maximum Gasteiger partial charge on any atom is 0.272 e. The van der Waals surface area contributed by atoms with Crippen molar-refractivity contribution in [1.82, 2.24) is 10.4 Å². The molecule has 0 saturated heterocycles. The van der Waals surface area contributed by atoms with Crippen LogP contribution in [-0.4, -0.2) is 17.1 Å². The lowest BCUT2D eigenvalue weighted by molar-refractivity contribution is 0.0954. The van der Waals surface area contributed by atoms with Crippen LogP contribution in [0.1, 0.15) is 33.3 Å². The van der Waals surface area contributed by atoms with Gasteiger partial charge in [-0.15, -0.1) is 11.3 Å². The number of thiophene rings is 1. The summed E-state index contributed by atoms with van der Waals surface area (Å²) >= 11 is 1.59. The molecule has 0 unspecified atom stereocenters. The maximum atomic E-state index is 12.0. The molecule has 0 spiro atoms. The highest BCUT2D eigenvalue weighted by Gasteiger charge is 2.13. The van der Waals surface area contributed by atoms with E-state index in [0.29, 0.717) is 0 Å². The van der Waals surface area contributed by atoms with Crippen molar-refractivity contribution in [3.8, 4) is 0 Å². The number of hydrogen-bond acceptors (Lipinski definition) is 4. The van der Waals surface area contributed by atoms with Gasteiger partial charge < -0.3 is 0 Å². The normalized spacial score (nSPS) is 10.8. The van der Waals surface area contributed by atoms with Gasteiger partial charge in [-0.3, -0.25) is 9.78 Å². The number of carbonyl (C=O) groups is 1. The van der Waals surface area contributed by atoms with E-state index in [1.165, 1.54) is 4.88 Å². The molecule has 0 radical (unpaired) electrons. The number of nitrogens with one attached hydrogen (secondary N) is 1. The van der Waals surface area contributed by atoms with E-state index in [1.54, 1.807) is 29.9 Å². The number of amides is 1. The highest BCUT2D eigenvalue weighted by molar-refractivity contribution is 7.10. The summed E-state index contributed by atoms with van der Waals surface area (Å²) in [5.74, 6) is -0.161. The fraction of sp³-hybridized carbons (Fsp3) is 0.214. The zero-order valence-corrected chi connectivity index (χ0v) is 11.7. The summed E-state index contributed by atoms with van der Waals surface area (Å²) in [6.45, 7) is 4.08. The zero-order valence-electron chi connectivity index (χ0n) is 10.9. The minimum atomic E-state index is -0.161. The summed E-state index contributed by atoms with van der Waals surface area (Å²) in [4.78, 5) is 17.1. The Balaban J connectivity index is 2.04. The van der Waals surface area contributed by atoms with Crippen molar-refractivity contribution in [3.05, 3.63) is 51.5 Å². The van der Waals surface area contributed by atoms with Crippen molar-refractivity contribution >= 4 is 23.5 Å². The van der Waals surface area contributed by atoms with Gasteiger partial charge in [0.1, 0.15) is 0 Å². The molecule has 0 aliphatic heterocycles. The standard InChI is InChI=1S/C14H15N3OS/c1-3-12-10(2)19-9-13(12)14(18)17-16-8-11-4-6-15-7-5-11/h4-9H,3H2,1-2H3,(H,17,18)/b16-8+. The average Bonchev–Trinajstić information content (AvgIpc) is 2.81. The van der Waals surface area contributed by atoms with E-state index in [2.05, 4.69) is 15.5 Å². The van der Waals surface area contributed by atoms with Gasteiger partial charge in [0.2, 0.25) is 0 Å². The molecule has 2 rings (SSSR count). The van der Waals surface area contributed by atoms with Crippen LogP contribution in [0.2, 0.25) is 0 Å². The van der Waals surface area contributed by atoms with Crippen molar-refractivity contribution in [2.75, 3.05) is 0 Å². The number of aryl methyl sites for hydroxylation is 1. The van der Waals surface area contributed by atoms with Crippen LogP contribution < -0.4 is 5.43 Å². The van der Waals surface area contributed by atoms with E-state index in [4.69, 9.17) is 0 Å². The predicted molar refractivity (Wildman–Crippen MR) is 77.7 cm³/mol. The molecule has 0 bridgehead atoms. The second-order valence-corrected chi connectivity index (χ2v) is 5.10. The number of nitrogens with zero attached hydrogens (tertiary/aromatic N) is 2. The van der Waals surface area contributed by atoms with Gasteiger partial charge in [-0.2, -0.15) is 5.10 Å². The number of pyridine rings is 1. The first-order chi connectivity index (χ1) is 9.22. The Bertz CT molecular complexity index is 590. The molecule has 0 aliphatic carbocycles. The predicted octanol–water partition coefficient (Wildman–Crippen LogP) is 2.78. The molecule has 0 aliphatic rings. The fourth-order valence-electron chi connectivity index (χ4n) is 1.78. The van der Waals surface area contributed by atoms with E-state index >= 15 is 0 Å². The van der Waals surface area contributed by atoms with E-state index in [1.807, 2.05) is 31.4 Å². The first-order valence-corrected chi connectivity index (χ1v) is 6.90. The number of hydrazone groups is 1. The summed E-state index contributed by atoms with van der Waals surface area (Å²) in [6.07, 6.45) is 5.82. The van der Waals surface area contributed by atoms with E-state index in [-0.39, 0.29) is 5.91 Å². The molecule has 2 heterocycles. The Morgan fingerprint density at radius 2 is 2.21 bits per heavy atom. The molecule has 4 nitrogen and oxygen atoms in total. The zero-order chi connectivity index (χ0) is 13.7. The molecule has 2 aromatic rings. The lowest BCUT2D eigenvalue weighted by atomic mass is 10.1. The maximum absolute atomic E-state index is 12.0. The van der Waals surface area contributed by atoms with Crippen LogP contribution >= 0.6 is 11.3 Å². The van der Waals surface area contributed by atoms with Gasteiger partial charge in [0.05, 0.1) is 11.8 Å². The van der Waals surface area contributed by atoms with E-state index in [0.717, 1.165) is 23.1 Å². The summed E-state index contributed by atoms with van der Waals surface area (Å²) in [6, 6.07) is 3.64. The number of hydrogen-bond donors (Lipinski definition) is 1. The highest BCUT2D eigenvalue weighted by Crippen LogP contribution is 2.22. The molecule has 0 saturated carbocycles. The molecule has 0 aromatic carbocycles. The number of rotatable bonds is 4. The molecule has 98 valence electrons. The van der Waals surface area contributed by atoms with Gasteiger partial charge >= 0.3 is 0 Å². The molecular formula is C14H15N3OS. The minimum absolute atomic E-state index is 0.161. The first kappa shape index (κ1) is 13.4. The van der Waals surface area contributed by atoms with Gasteiger partial charge in [0.15, 0.2) is 0 Å². The fourth-order valence-corrected chi connectivity index (χ4v) is 2.72. The quantitative estimate of drug-likeness (QED) is 0.688. The van der Waals surface area contributed by atoms with Crippen LogP contribution in [0.5, 0.6) is 0 Å². The van der Waals surface area contributed by atoms with Crippen LogP contribution in [0.3, 0.4) is 0 Å². The first-order valence-electron chi connectivity index (χ1n) is 6.02. The van der Waals surface area contributed by atoms with Crippen LogP contribution in [0.4, 0.5) is 0 Å². The van der Waals surface area contributed by atoms with Gasteiger partial charge in [0, 0.05) is 22.7 Å². The monoisotopic (exact) mass is 273 g/mol. The summed E-state index contributed by atoms with van der Waals surface area (Å²) in [5.41, 5.74) is 5.27. The molecule has 0 atom stereocenters. The Morgan fingerprint density at radius 1 is 1.47 bits per heavy atom. The summed E-state index contributed by atoms with van der Waals surface area (Å²) < 4.78 is 0. The Kier molecular flexibility index (Phi) is 4.41. The van der Waals surface area contributed by atoms with Crippen molar-refractivity contribution in [3.63, 3.8) is 0 Å². The Labute approximate surface area is 116 Å². The van der Waals surface area contributed by atoms with Crippen LogP contribution in [0, 0.1) is 6.92 Å². The van der Waals surface area contributed by atoms with Gasteiger partial charge in [-0.1, -0.05) is 6.92 Å². The lowest BCUT2D eigenvalue weighted by Crippen LogP contribution is -2.18. The van der Waals surface area contributed by atoms with Crippen LogP contribution in [-0.2, 0) is 6.42 Å². The van der Waals surface area contributed by atoms with Crippen molar-refractivity contribution in [2.45, 2.75) is 20.3 Å². The summed E-state index contributed by atoms with van der Waals surface area (Å²) in [5, 5.41) is 5.84. The topological polar surface area (TPSA) is 54.4 Å². The lowest BCUT2D eigenvalue weighted by Gasteiger charge is -2.01. The SMILES string of the molecule is CCc1c(C(=O)N/N=C/c2ccncc2)csc1C. The minimum Gasteiger partial charge on any atom is -0.267 e. The Morgan fingerprint density at radius 3 is 2.89 bits per heavy atom. The highest BCUT2D eigenvalue weighted by atomic mass is 32.1. The number of carbonyl (C=O) groups excluding carboxylic acids is 1. The smallest absolute Gasteiger partial charge is 0.267 e. The molecule has 2 aromatic heterocycles.